The van der Waals surface area contributed by atoms with Gasteiger partial charge in [0.05, 0.1) is 0 Å². The van der Waals surface area contributed by atoms with E-state index in [0.717, 1.165) is 0 Å². The molecule has 6 heteroatoms. The number of aryl methyl sites for hydroxylation is 1. The molecule has 1 heterocycles. The van der Waals surface area contributed by atoms with E-state index in [4.69, 9.17) is 0 Å². The van der Waals surface area contributed by atoms with Crippen molar-refractivity contribution < 1.29 is 14.7 Å². The van der Waals surface area contributed by atoms with Crippen LogP contribution in [0.4, 0.5) is 0 Å². The van der Waals surface area contributed by atoms with Crippen molar-refractivity contribution in [2.75, 3.05) is 0 Å². The van der Waals surface area contributed by atoms with Crippen LogP contribution in [0.1, 0.15) is 22.0 Å². The number of carboxylic acid groups (broad SMARTS) is 1. The molecule has 0 spiro atoms. The normalized spacial score (nSPS) is 11.7. The van der Waals surface area contributed by atoms with Crippen molar-refractivity contribution in [3.05, 3.63) is 70.1 Å². The fraction of sp³-hybridized carbons (Fsp3) is 0.133. The zero-order chi connectivity index (χ0) is 15.4. The van der Waals surface area contributed by atoms with E-state index in [1.54, 1.807) is 37.4 Å². The van der Waals surface area contributed by atoms with Gasteiger partial charge in [0, 0.05) is 24.9 Å². The molecule has 0 aliphatic carbocycles. The third-order valence-corrected chi connectivity index (χ3v) is 3.02. The van der Waals surface area contributed by atoms with Gasteiger partial charge in [-0.25, -0.2) is 4.79 Å². The van der Waals surface area contributed by atoms with Crippen LogP contribution in [0.2, 0.25) is 0 Å². The molecule has 0 radical (unpaired) electrons. The number of carbonyl (C=O) groups excluding carboxylic acids is 1. The minimum Gasteiger partial charge on any atom is -0.479 e. The van der Waals surface area contributed by atoms with Crippen molar-refractivity contribution in [1.29, 1.82) is 0 Å². The molecule has 0 unspecified atom stereocenters. The van der Waals surface area contributed by atoms with Gasteiger partial charge in [-0.1, -0.05) is 30.3 Å². The number of aromatic nitrogens is 1. The van der Waals surface area contributed by atoms with Crippen LogP contribution in [-0.2, 0) is 11.8 Å². The average molecular weight is 286 g/mol. The maximum Gasteiger partial charge on any atom is 0.330 e. The summed E-state index contributed by atoms with van der Waals surface area (Å²) in [6.07, 6.45) is 1.45. The quantitative estimate of drug-likeness (QED) is 0.875. The Morgan fingerprint density at radius 2 is 1.86 bits per heavy atom. The highest BCUT2D eigenvalue weighted by atomic mass is 16.4. The zero-order valence-electron chi connectivity index (χ0n) is 11.3. The molecule has 2 rings (SSSR count). The van der Waals surface area contributed by atoms with Gasteiger partial charge in [-0.3, -0.25) is 9.59 Å². The van der Waals surface area contributed by atoms with Gasteiger partial charge in [0.15, 0.2) is 6.04 Å². The number of aliphatic carboxylic acids is 1. The maximum atomic E-state index is 12.1. The third-order valence-electron chi connectivity index (χ3n) is 3.02. The van der Waals surface area contributed by atoms with Crippen molar-refractivity contribution >= 4 is 11.9 Å². The molecule has 2 aromatic rings. The second kappa shape index (κ2) is 6.04. The minimum atomic E-state index is -1.17. The van der Waals surface area contributed by atoms with Gasteiger partial charge < -0.3 is 15.0 Å². The Kier molecular flexibility index (Phi) is 4.18. The summed E-state index contributed by atoms with van der Waals surface area (Å²) in [5.74, 6) is -1.78. The number of carboxylic acids is 1. The predicted molar refractivity (Wildman–Crippen MR) is 76.0 cm³/mol. The van der Waals surface area contributed by atoms with Crippen molar-refractivity contribution in [3.63, 3.8) is 0 Å². The van der Waals surface area contributed by atoms with Gasteiger partial charge in [-0.05, 0) is 11.6 Å². The lowest BCUT2D eigenvalue weighted by molar-refractivity contribution is -0.139. The molecule has 1 aromatic heterocycles. The van der Waals surface area contributed by atoms with E-state index in [1.807, 2.05) is 0 Å². The number of rotatable bonds is 4. The summed E-state index contributed by atoms with van der Waals surface area (Å²) in [5, 5.41) is 11.6. The van der Waals surface area contributed by atoms with E-state index in [2.05, 4.69) is 5.32 Å². The van der Waals surface area contributed by atoms with Crippen LogP contribution in [0.25, 0.3) is 0 Å². The maximum absolute atomic E-state index is 12.1. The molecule has 6 nitrogen and oxygen atoms in total. The summed E-state index contributed by atoms with van der Waals surface area (Å²) in [7, 11) is 1.56. The third kappa shape index (κ3) is 3.36. The van der Waals surface area contributed by atoms with E-state index in [9.17, 15) is 19.5 Å². The van der Waals surface area contributed by atoms with Gasteiger partial charge in [-0.2, -0.15) is 0 Å². The number of hydrogen-bond acceptors (Lipinski definition) is 3. The van der Waals surface area contributed by atoms with E-state index in [-0.39, 0.29) is 11.1 Å². The summed E-state index contributed by atoms with van der Waals surface area (Å²) in [5.41, 5.74) is 0.247. The van der Waals surface area contributed by atoms with E-state index < -0.39 is 17.9 Å². The Morgan fingerprint density at radius 1 is 1.19 bits per heavy atom. The molecule has 1 amide bonds. The second-order valence-electron chi connectivity index (χ2n) is 4.52. The summed E-state index contributed by atoms with van der Waals surface area (Å²) in [4.78, 5) is 34.9. The molecule has 1 aromatic carbocycles. The standard InChI is InChI=1S/C15H14N2O4/c1-17-8-7-11(9-12(17)18)14(19)16-13(15(20)21)10-5-3-2-4-6-10/h2-9,13H,1H3,(H,16,19)(H,20,21)/t13-/m1/s1. The molecule has 0 fully saturated rings. The number of pyridine rings is 1. The summed E-state index contributed by atoms with van der Waals surface area (Å²) in [6, 6.07) is 9.82. The first-order chi connectivity index (χ1) is 9.99. The van der Waals surface area contributed by atoms with Gasteiger partial charge in [0.2, 0.25) is 0 Å². The predicted octanol–water partition coefficient (Wildman–Crippen LogP) is 0.941. The summed E-state index contributed by atoms with van der Waals surface area (Å²) >= 11 is 0. The molecule has 108 valence electrons. The molecular formula is C15H14N2O4. The lowest BCUT2D eigenvalue weighted by Crippen LogP contribution is -2.34. The van der Waals surface area contributed by atoms with Crippen LogP contribution in [-0.4, -0.2) is 21.6 Å². The van der Waals surface area contributed by atoms with Crippen molar-refractivity contribution in [1.82, 2.24) is 9.88 Å². The molecule has 0 aliphatic rings. The number of carbonyl (C=O) groups is 2. The van der Waals surface area contributed by atoms with Gasteiger partial charge in [-0.15, -0.1) is 0 Å². The Labute approximate surface area is 120 Å². The fourth-order valence-electron chi connectivity index (χ4n) is 1.84. The first-order valence-electron chi connectivity index (χ1n) is 6.24. The molecule has 21 heavy (non-hydrogen) atoms. The number of nitrogens with zero attached hydrogens (tertiary/aromatic N) is 1. The highest BCUT2D eigenvalue weighted by molar-refractivity contribution is 5.96. The molecule has 0 aliphatic heterocycles. The van der Waals surface area contributed by atoms with Gasteiger partial charge >= 0.3 is 5.97 Å². The van der Waals surface area contributed by atoms with Crippen LogP contribution in [0.15, 0.2) is 53.5 Å². The summed E-state index contributed by atoms with van der Waals surface area (Å²) in [6.45, 7) is 0. The van der Waals surface area contributed by atoms with Crippen LogP contribution in [0, 0.1) is 0 Å². The smallest absolute Gasteiger partial charge is 0.330 e. The largest absolute Gasteiger partial charge is 0.479 e. The number of benzene rings is 1. The average Bonchev–Trinajstić information content (AvgIpc) is 2.48. The summed E-state index contributed by atoms with van der Waals surface area (Å²) < 4.78 is 1.32. The topological polar surface area (TPSA) is 88.4 Å². The van der Waals surface area contributed by atoms with Gasteiger partial charge in [0.1, 0.15) is 0 Å². The Balaban J connectivity index is 2.25. The van der Waals surface area contributed by atoms with Crippen molar-refractivity contribution in [2.24, 2.45) is 7.05 Å². The lowest BCUT2D eigenvalue weighted by atomic mass is 10.1. The SMILES string of the molecule is Cn1ccc(C(=O)N[C@@H](C(=O)O)c2ccccc2)cc1=O. The minimum absolute atomic E-state index is 0.125. The molecular weight excluding hydrogens is 272 g/mol. The zero-order valence-corrected chi connectivity index (χ0v) is 11.3. The van der Waals surface area contributed by atoms with E-state index >= 15 is 0 Å². The fourth-order valence-corrected chi connectivity index (χ4v) is 1.84. The van der Waals surface area contributed by atoms with E-state index in [1.165, 1.54) is 22.9 Å². The first kappa shape index (κ1) is 14.5. The lowest BCUT2D eigenvalue weighted by Gasteiger charge is -2.15. The second-order valence-corrected chi connectivity index (χ2v) is 4.52. The Hall–Kier alpha value is -2.89. The van der Waals surface area contributed by atoms with E-state index in [0.29, 0.717) is 5.56 Å². The number of hydrogen-bond donors (Lipinski definition) is 2. The van der Waals surface area contributed by atoms with Crippen LogP contribution in [0.3, 0.4) is 0 Å². The van der Waals surface area contributed by atoms with Crippen LogP contribution in [0.5, 0.6) is 0 Å². The van der Waals surface area contributed by atoms with Crippen molar-refractivity contribution in [2.45, 2.75) is 6.04 Å². The molecule has 0 bridgehead atoms. The first-order valence-corrected chi connectivity index (χ1v) is 6.24. The molecule has 1 atom stereocenters. The molecule has 0 saturated carbocycles. The monoisotopic (exact) mass is 286 g/mol. The Morgan fingerprint density at radius 3 is 2.43 bits per heavy atom. The highest BCUT2D eigenvalue weighted by Gasteiger charge is 2.22. The molecule has 0 saturated heterocycles. The van der Waals surface area contributed by atoms with Crippen LogP contribution >= 0.6 is 0 Å². The highest BCUT2D eigenvalue weighted by Crippen LogP contribution is 2.13. The number of amides is 1. The molecule has 2 N–H and O–H groups in total. The van der Waals surface area contributed by atoms with Crippen LogP contribution < -0.4 is 10.9 Å². The van der Waals surface area contributed by atoms with Gasteiger partial charge in [0.25, 0.3) is 11.5 Å². The Bertz CT molecular complexity index is 722. The number of nitrogens with one attached hydrogen (secondary N) is 1. The van der Waals surface area contributed by atoms with Crippen molar-refractivity contribution in [3.8, 4) is 0 Å².